The van der Waals surface area contributed by atoms with Crippen molar-refractivity contribution in [3.8, 4) is 0 Å². The standard InChI is InChI=1S/C2H7N.H2O/c1-3-2;/h3H,1-2H3;1H2. The van der Waals surface area contributed by atoms with E-state index in [1.165, 1.54) is 0 Å². The Morgan fingerprint density at radius 2 is 1.25 bits per heavy atom. The Bertz CT molecular complexity index is 6.00. The predicted octanol–water partition coefficient (Wildman–Crippen LogP) is -1.37. The van der Waals surface area contributed by atoms with Gasteiger partial charge in [-0.15, -0.1) is 0 Å². The van der Waals surface area contributed by atoms with Gasteiger partial charge >= 0.3 is 0 Å². The lowest BCUT2D eigenvalue weighted by atomic mass is 11.3. The van der Waals surface area contributed by atoms with Crippen molar-refractivity contribution in [1.82, 2.24) is 0 Å². The van der Waals surface area contributed by atoms with E-state index in [1.54, 1.807) is 0 Å². The second kappa shape index (κ2) is 12.7. The lowest BCUT2D eigenvalue weighted by Crippen LogP contribution is -2.74. The molecule has 0 bridgehead atoms. The van der Waals surface area contributed by atoms with E-state index in [-0.39, 0.29) is 5.48 Å². The van der Waals surface area contributed by atoms with Crippen molar-refractivity contribution in [2.45, 2.75) is 0 Å². The maximum Gasteiger partial charge on any atom is 0.0647 e. The molecule has 4 heavy (non-hydrogen) atoms. The Balaban J connectivity index is 0. The van der Waals surface area contributed by atoms with Crippen LogP contribution in [0.3, 0.4) is 0 Å². The molecule has 0 fully saturated rings. The average molecular weight is 63.1 g/mol. The van der Waals surface area contributed by atoms with Gasteiger partial charge in [0.2, 0.25) is 0 Å². The Morgan fingerprint density at radius 3 is 1.25 bits per heavy atom. The van der Waals surface area contributed by atoms with Gasteiger partial charge in [-0.05, 0) is 0 Å². The molecule has 0 aliphatic rings. The van der Waals surface area contributed by atoms with Crippen LogP contribution in [-0.2, 0) is 0 Å². The van der Waals surface area contributed by atoms with Crippen molar-refractivity contribution in [2.24, 2.45) is 0 Å². The maximum atomic E-state index is 2.00. The molecular formula is C2H9NO. The summed E-state index contributed by atoms with van der Waals surface area (Å²) in [6, 6.07) is 0. The van der Waals surface area contributed by atoms with E-state index >= 15 is 0 Å². The molecule has 0 aliphatic heterocycles. The number of hydrogen-bond acceptors (Lipinski definition) is 1. The number of hydrogen-bond donors (Lipinski definition) is 1. The number of quaternary nitrogens is 1. The van der Waals surface area contributed by atoms with Gasteiger partial charge in [0.1, 0.15) is 0 Å². The summed E-state index contributed by atoms with van der Waals surface area (Å²) in [7, 11) is 4.00. The molecule has 0 aromatic rings. The minimum atomic E-state index is 0. The monoisotopic (exact) mass is 63.1 g/mol. The van der Waals surface area contributed by atoms with Gasteiger partial charge in [-0.2, -0.15) is 0 Å². The van der Waals surface area contributed by atoms with Crippen LogP contribution in [0.5, 0.6) is 0 Å². The molecule has 0 radical (unpaired) electrons. The average Bonchev–Trinajstić information content (AvgIpc) is 0.918. The molecule has 2 nitrogen and oxygen atoms in total. The maximum absolute atomic E-state index is 2.00. The molecule has 0 saturated carbocycles. The molecule has 0 unspecified atom stereocenters. The smallest absolute Gasteiger partial charge is 0.0647 e. The van der Waals surface area contributed by atoms with E-state index in [0.717, 1.165) is 0 Å². The van der Waals surface area contributed by atoms with Gasteiger partial charge in [-0.25, -0.2) is 0 Å². The Labute approximate surface area is 26.1 Å². The van der Waals surface area contributed by atoms with Crippen LogP contribution in [0, 0.1) is 0 Å². The molecule has 0 aliphatic carbocycles. The van der Waals surface area contributed by atoms with Gasteiger partial charge < -0.3 is 10.8 Å². The second-order valence-electron chi connectivity index (χ2n) is 0.577. The van der Waals surface area contributed by atoms with E-state index in [0.29, 0.717) is 0 Å². The van der Waals surface area contributed by atoms with Crippen LogP contribution >= 0.6 is 0 Å². The van der Waals surface area contributed by atoms with Crippen molar-refractivity contribution >= 4 is 0 Å². The molecule has 0 atom stereocenters. The van der Waals surface area contributed by atoms with Gasteiger partial charge in [-0.3, -0.25) is 0 Å². The first-order valence-electron chi connectivity index (χ1n) is 1.15. The predicted molar refractivity (Wildman–Crippen MR) is 15.7 cm³/mol. The Morgan fingerprint density at radius 1 is 1.25 bits per heavy atom. The third-order valence-electron chi connectivity index (χ3n) is 0. The van der Waals surface area contributed by atoms with Crippen molar-refractivity contribution in [3.05, 3.63) is 0 Å². The van der Waals surface area contributed by atoms with Crippen LogP contribution in [0.2, 0.25) is 0 Å². The summed E-state index contributed by atoms with van der Waals surface area (Å²) in [6.07, 6.45) is 0. The zero-order chi connectivity index (χ0) is 2.71. The number of rotatable bonds is 0. The van der Waals surface area contributed by atoms with Gasteiger partial charge in [0, 0.05) is 0 Å². The highest BCUT2D eigenvalue weighted by Gasteiger charge is 1.29. The van der Waals surface area contributed by atoms with E-state index < -0.39 is 0 Å². The van der Waals surface area contributed by atoms with Crippen LogP contribution in [0.4, 0.5) is 0 Å². The van der Waals surface area contributed by atoms with E-state index in [1.807, 2.05) is 19.4 Å². The van der Waals surface area contributed by atoms with Crippen LogP contribution in [0.1, 0.15) is 0 Å². The highest BCUT2D eigenvalue weighted by Crippen LogP contribution is 0.586. The molecule has 2 heteroatoms. The lowest BCUT2D eigenvalue weighted by Gasteiger charge is -1.57. The number of nitrogens with two attached hydrogens (primary N) is 1. The topological polar surface area (TPSA) is 46.6 Å². The highest BCUT2D eigenvalue weighted by atomic mass is 16.0. The van der Waals surface area contributed by atoms with E-state index in [9.17, 15) is 0 Å². The summed E-state index contributed by atoms with van der Waals surface area (Å²) >= 11 is 0. The zero-order valence-electron chi connectivity index (χ0n) is 3.02. The summed E-state index contributed by atoms with van der Waals surface area (Å²) in [6.45, 7) is 0. The second-order valence-corrected chi connectivity index (χ2v) is 0.577. The fourth-order valence-electron chi connectivity index (χ4n) is 0. The molecule has 28 valence electrons. The zero-order valence-corrected chi connectivity index (χ0v) is 3.02. The van der Waals surface area contributed by atoms with Crippen molar-refractivity contribution in [3.63, 3.8) is 0 Å². The van der Waals surface area contributed by atoms with Crippen LogP contribution in [-0.4, -0.2) is 19.6 Å². The van der Waals surface area contributed by atoms with Crippen molar-refractivity contribution < 1.29 is 10.8 Å². The van der Waals surface area contributed by atoms with Crippen molar-refractivity contribution in [2.75, 3.05) is 14.1 Å². The Kier molecular flexibility index (Phi) is 28.8. The van der Waals surface area contributed by atoms with Gasteiger partial charge in [0.25, 0.3) is 0 Å². The molecule has 0 spiro atoms. The molecule has 0 aromatic heterocycles. The van der Waals surface area contributed by atoms with Crippen LogP contribution < -0.4 is 5.32 Å². The molecule has 3 N–H and O–H groups in total. The quantitative estimate of drug-likeness (QED) is 0.370. The summed E-state index contributed by atoms with van der Waals surface area (Å²) in [5.41, 5.74) is 0. The fourth-order valence-corrected chi connectivity index (χ4v) is 0. The first-order valence-corrected chi connectivity index (χ1v) is 1.15. The first kappa shape index (κ1) is 9.07. The minimum Gasteiger partial charge on any atom is -0.870 e. The van der Waals surface area contributed by atoms with Crippen LogP contribution in [0.15, 0.2) is 0 Å². The molecule has 0 rings (SSSR count). The SMILES string of the molecule is C[NH2+]C.[OH-]. The normalized spacial score (nSPS) is 4.50. The Hall–Kier alpha value is -0.0800. The third-order valence-corrected chi connectivity index (χ3v) is 0. The lowest BCUT2D eigenvalue weighted by molar-refractivity contribution is -0.597. The van der Waals surface area contributed by atoms with E-state index in [4.69, 9.17) is 0 Å². The van der Waals surface area contributed by atoms with Gasteiger partial charge in [-0.1, -0.05) is 0 Å². The molecule has 0 saturated heterocycles. The molecule has 0 aromatic carbocycles. The van der Waals surface area contributed by atoms with E-state index in [2.05, 4.69) is 0 Å². The van der Waals surface area contributed by atoms with Crippen LogP contribution in [0.25, 0.3) is 0 Å². The molecule has 0 heterocycles. The summed E-state index contributed by atoms with van der Waals surface area (Å²) in [4.78, 5) is 0. The summed E-state index contributed by atoms with van der Waals surface area (Å²) < 4.78 is 0. The van der Waals surface area contributed by atoms with Gasteiger partial charge in [0.15, 0.2) is 0 Å². The summed E-state index contributed by atoms with van der Waals surface area (Å²) in [5.74, 6) is 0. The highest BCUT2D eigenvalue weighted by molar-refractivity contribution is 3.35. The fraction of sp³-hybridized carbons (Fsp3) is 1.00. The third kappa shape index (κ3) is 254. The minimum absolute atomic E-state index is 0. The summed E-state index contributed by atoms with van der Waals surface area (Å²) in [5, 5.41) is 2.00. The molecular weight excluding hydrogens is 54.0 g/mol. The molecule has 0 amide bonds. The largest absolute Gasteiger partial charge is 0.870 e. The first-order chi connectivity index (χ1) is 1.41. The van der Waals surface area contributed by atoms with Gasteiger partial charge in [0.05, 0.1) is 14.1 Å². The van der Waals surface area contributed by atoms with Crippen molar-refractivity contribution in [1.29, 1.82) is 0 Å².